The van der Waals surface area contributed by atoms with Gasteiger partial charge in [0.1, 0.15) is 5.75 Å². The Hall–Kier alpha value is -1.67. The topological polar surface area (TPSA) is 67.6 Å². The second kappa shape index (κ2) is 12.9. The predicted molar refractivity (Wildman–Crippen MR) is 132 cm³/mol. The number of halogens is 2. The van der Waals surface area contributed by atoms with Crippen molar-refractivity contribution in [2.45, 2.75) is 12.8 Å². The van der Waals surface area contributed by atoms with Crippen LogP contribution in [0.1, 0.15) is 18.4 Å². The number of ether oxygens (including phenoxy) is 1. The van der Waals surface area contributed by atoms with Crippen LogP contribution in [0.15, 0.2) is 51.4 Å². The fourth-order valence-corrected chi connectivity index (χ4v) is 4.52. The van der Waals surface area contributed by atoms with E-state index in [1.54, 1.807) is 13.2 Å². The minimum Gasteiger partial charge on any atom is -0.494 e. The maximum absolute atomic E-state index is 12.1. The number of nitrogens with two attached hydrogens (primary N) is 1. The number of amides is 1. The Bertz CT molecular complexity index is 848. The van der Waals surface area contributed by atoms with Crippen LogP contribution in [0, 0.1) is 0 Å². The van der Waals surface area contributed by atoms with E-state index in [1.807, 2.05) is 36.4 Å². The van der Waals surface area contributed by atoms with E-state index in [2.05, 4.69) is 55.2 Å². The average Bonchev–Trinajstić information content (AvgIpc) is 2.73. The van der Waals surface area contributed by atoms with Gasteiger partial charge in [0.05, 0.1) is 16.1 Å². The van der Waals surface area contributed by atoms with Crippen LogP contribution in [0.3, 0.4) is 0 Å². The van der Waals surface area contributed by atoms with E-state index in [1.165, 1.54) is 0 Å². The van der Waals surface area contributed by atoms with Gasteiger partial charge in [0.25, 0.3) is 0 Å². The van der Waals surface area contributed by atoms with Crippen LogP contribution in [0.4, 0.5) is 0 Å². The summed E-state index contributed by atoms with van der Waals surface area (Å²) in [6.45, 7) is 3.30. The van der Waals surface area contributed by atoms with Crippen LogP contribution in [0.25, 0.3) is 17.2 Å². The summed E-state index contributed by atoms with van der Waals surface area (Å²) < 4.78 is 7.12. The van der Waals surface area contributed by atoms with Crippen LogP contribution in [-0.4, -0.2) is 51.1 Å². The third-order valence-corrected chi connectivity index (χ3v) is 5.79. The molecule has 0 aromatic heterocycles. The zero-order valence-electron chi connectivity index (χ0n) is 17.5. The number of carbonyl (C=O) groups excluding carboxylic acids is 1. The van der Waals surface area contributed by atoms with Crippen LogP contribution in [0.5, 0.6) is 5.75 Å². The summed E-state index contributed by atoms with van der Waals surface area (Å²) in [7, 11) is 3.71. The van der Waals surface area contributed by atoms with Gasteiger partial charge in [-0.15, -0.1) is 0 Å². The molecule has 0 radical (unpaired) electrons. The monoisotopic (exact) mass is 537 g/mol. The summed E-state index contributed by atoms with van der Waals surface area (Å²) in [4.78, 5) is 14.3. The molecule has 0 aliphatic rings. The lowest BCUT2D eigenvalue weighted by molar-refractivity contribution is -0.116. The lowest BCUT2D eigenvalue weighted by Gasteiger charge is -2.15. The molecule has 1 amide bonds. The molecule has 0 atom stereocenters. The summed E-state index contributed by atoms with van der Waals surface area (Å²) in [5.41, 5.74) is 8.59. The van der Waals surface area contributed by atoms with Crippen molar-refractivity contribution in [1.82, 2.24) is 10.2 Å². The SMILES string of the molecule is COc1c(Br)cc(-c2cccc(/C=C/C(=O)NCCCN(C)CCCN)c2)cc1Br. The fraction of sp³-hybridized carbons (Fsp3) is 0.348. The Morgan fingerprint density at radius 3 is 2.50 bits per heavy atom. The van der Waals surface area contributed by atoms with Crippen molar-refractivity contribution in [3.05, 3.63) is 57.0 Å². The lowest BCUT2D eigenvalue weighted by atomic mass is 10.0. The Kier molecular flexibility index (Phi) is 10.6. The molecule has 7 heteroatoms. The minimum atomic E-state index is -0.0834. The number of nitrogens with one attached hydrogen (secondary N) is 1. The fourth-order valence-electron chi connectivity index (χ4n) is 3.01. The number of nitrogens with zero attached hydrogens (tertiary/aromatic N) is 1. The molecule has 2 aromatic rings. The molecule has 162 valence electrons. The van der Waals surface area contributed by atoms with Crippen molar-refractivity contribution < 1.29 is 9.53 Å². The second-order valence-electron chi connectivity index (χ2n) is 7.02. The number of carbonyl (C=O) groups is 1. The molecule has 0 fully saturated rings. The molecule has 0 aliphatic carbocycles. The van der Waals surface area contributed by atoms with E-state index in [9.17, 15) is 4.79 Å². The van der Waals surface area contributed by atoms with Crippen LogP contribution >= 0.6 is 31.9 Å². The van der Waals surface area contributed by atoms with E-state index in [-0.39, 0.29) is 5.91 Å². The molecule has 0 unspecified atom stereocenters. The summed E-state index contributed by atoms with van der Waals surface area (Å²) in [6, 6.07) is 12.1. The first-order chi connectivity index (χ1) is 14.4. The molecular weight excluding hydrogens is 510 g/mol. The van der Waals surface area contributed by atoms with Gasteiger partial charge in [-0.1, -0.05) is 18.2 Å². The van der Waals surface area contributed by atoms with Crippen LogP contribution in [-0.2, 0) is 4.79 Å². The van der Waals surface area contributed by atoms with Crippen molar-refractivity contribution in [3.8, 4) is 16.9 Å². The third kappa shape index (κ3) is 7.87. The maximum atomic E-state index is 12.1. The highest BCUT2D eigenvalue weighted by Crippen LogP contribution is 2.37. The molecule has 3 N–H and O–H groups in total. The summed E-state index contributed by atoms with van der Waals surface area (Å²) >= 11 is 7.09. The van der Waals surface area contributed by atoms with E-state index >= 15 is 0 Å². The van der Waals surface area contributed by atoms with Crippen molar-refractivity contribution in [2.24, 2.45) is 5.73 Å². The average molecular weight is 539 g/mol. The number of hydrogen-bond donors (Lipinski definition) is 2. The van der Waals surface area contributed by atoms with Gasteiger partial charge in [-0.3, -0.25) is 4.79 Å². The van der Waals surface area contributed by atoms with Gasteiger partial charge >= 0.3 is 0 Å². The van der Waals surface area contributed by atoms with Gasteiger partial charge in [0.15, 0.2) is 0 Å². The van der Waals surface area contributed by atoms with Gasteiger partial charge in [-0.25, -0.2) is 0 Å². The molecule has 5 nitrogen and oxygen atoms in total. The van der Waals surface area contributed by atoms with E-state index < -0.39 is 0 Å². The largest absolute Gasteiger partial charge is 0.494 e. The van der Waals surface area contributed by atoms with Crippen LogP contribution < -0.4 is 15.8 Å². The third-order valence-electron chi connectivity index (χ3n) is 4.61. The zero-order chi connectivity index (χ0) is 21.9. The smallest absolute Gasteiger partial charge is 0.243 e. The minimum absolute atomic E-state index is 0.0834. The highest BCUT2D eigenvalue weighted by Gasteiger charge is 2.09. The van der Waals surface area contributed by atoms with Crippen LogP contribution in [0.2, 0.25) is 0 Å². The van der Waals surface area contributed by atoms with Gasteiger partial charge in [-0.2, -0.15) is 0 Å². The molecule has 2 rings (SSSR count). The van der Waals surface area contributed by atoms with E-state index in [4.69, 9.17) is 10.5 Å². The first-order valence-electron chi connectivity index (χ1n) is 9.92. The number of benzene rings is 2. The van der Waals surface area contributed by atoms with Gasteiger partial charge in [-0.05, 0) is 112 Å². The second-order valence-corrected chi connectivity index (χ2v) is 8.73. The first-order valence-corrected chi connectivity index (χ1v) is 11.5. The Morgan fingerprint density at radius 2 is 1.83 bits per heavy atom. The maximum Gasteiger partial charge on any atom is 0.243 e. The van der Waals surface area contributed by atoms with Crippen molar-refractivity contribution in [2.75, 3.05) is 40.3 Å². The molecule has 0 saturated heterocycles. The lowest BCUT2D eigenvalue weighted by Crippen LogP contribution is -2.28. The number of rotatable bonds is 11. The van der Waals surface area contributed by atoms with E-state index in [0.717, 1.165) is 57.3 Å². The normalized spacial score (nSPS) is 11.3. The number of hydrogen-bond acceptors (Lipinski definition) is 4. The predicted octanol–water partition coefficient (Wildman–Crippen LogP) is 4.69. The van der Waals surface area contributed by atoms with E-state index in [0.29, 0.717) is 13.1 Å². The molecular formula is C23H29Br2N3O2. The number of methoxy groups -OCH3 is 1. The summed E-state index contributed by atoms with van der Waals surface area (Å²) in [5, 5.41) is 2.93. The van der Waals surface area contributed by atoms with Gasteiger partial charge in [0, 0.05) is 12.6 Å². The van der Waals surface area contributed by atoms with Gasteiger partial charge in [0.2, 0.25) is 5.91 Å². The summed E-state index contributed by atoms with van der Waals surface area (Å²) in [5.74, 6) is 0.678. The molecule has 30 heavy (non-hydrogen) atoms. The quantitative estimate of drug-likeness (QED) is 0.322. The molecule has 0 saturated carbocycles. The zero-order valence-corrected chi connectivity index (χ0v) is 20.6. The molecule has 0 spiro atoms. The first kappa shape index (κ1) is 24.6. The highest BCUT2D eigenvalue weighted by molar-refractivity contribution is 9.11. The van der Waals surface area contributed by atoms with Crippen molar-refractivity contribution >= 4 is 43.8 Å². The van der Waals surface area contributed by atoms with Crippen molar-refractivity contribution in [3.63, 3.8) is 0 Å². The Morgan fingerprint density at radius 1 is 1.13 bits per heavy atom. The molecule has 2 aromatic carbocycles. The highest BCUT2D eigenvalue weighted by atomic mass is 79.9. The Balaban J connectivity index is 1.92. The van der Waals surface area contributed by atoms with Gasteiger partial charge < -0.3 is 20.7 Å². The standard InChI is InChI=1S/C23H29Br2N3O2/c1-28(12-4-10-26)13-5-11-27-22(29)9-8-17-6-3-7-18(14-17)19-15-20(24)23(30-2)21(25)16-19/h3,6-9,14-16H,4-5,10-13,26H2,1-2H3,(H,27,29)/b9-8+. The molecule has 0 bridgehead atoms. The summed E-state index contributed by atoms with van der Waals surface area (Å²) in [6.07, 6.45) is 5.32. The molecule has 0 heterocycles. The Labute approximate surface area is 195 Å². The van der Waals surface area contributed by atoms with Crippen molar-refractivity contribution in [1.29, 1.82) is 0 Å². The molecule has 0 aliphatic heterocycles.